The standard InChI is InChI=1S/C18H15ClF2N2O3/c19-13-3-1-2-4-15(13)23-10-9-14(17(23)25)22-16(24)11-5-7-12(8-6-11)26-18(20)21/h1-8,14,18H,9-10H2,(H,22,24). The second kappa shape index (κ2) is 7.70. The van der Waals surface area contributed by atoms with E-state index in [9.17, 15) is 18.4 Å². The van der Waals surface area contributed by atoms with Crippen LogP contribution in [0.25, 0.3) is 0 Å². The van der Waals surface area contributed by atoms with Crippen LogP contribution in [-0.2, 0) is 4.79 Å². The van der Waals surface area contributed by atoms with Gasteiger partial charge >= 0.3 is 6.61 Å². The Morgan fingerprint density at radius 3 is 2.54 bits per heavy atom. The lowest BCUT2D eigenvalue weighted by Crippen LogP contribution is -2.41. The maximum atomic E-state index is 12.5. The molecule has 2 aromatic rings. The Balaban J connectivity index is 1.65. The van der Waals surface area contributed by atoms with Crippen molar-refractivity contribution in [3.8, 4) is 5.75 Å². The Bertz CT molecular complexity index is 814. The lowest BCUT2D eigenvalue weighted by Gasteiger charge is -2.18. The largest absolute Gasteiger partial charge is 0.435 e. The van der Waals surface area contributed by atoms with Crippen LogP contribution >= 0.6 is 11.6 Å². The van der Waals surface area contributed by atoms with Crippen LogP contribution in [0.2, 0.25) is 5.02 Å². The Morgan fingerprint density at radius 2 is 1.88 bits per heavy atom. The topological polar surface area (TPSA) is 58.6 Å². The third-order valence-electron chi connectivity index (χ3n) is 4.00. The van der Waals surface area contributed by atoms with Gasteiger partial charge in [0.2, 0.25) is 5.91 Å². The molecule has 136 valence electrons. The minimum absolute atomic E-state index is 0.0432. The van der Waals surface area contributed by atoms with Gasteiger partial charge in [0.1, 0.15) is 11.8 Å². The van der Waals surface area contributed by atoms with Crippen LogP contribution in [0.15, 0.2) is 48.5 Å². The van der Waals surface area contributed by atoms with Crippen LogP contribution in [0.1, 0.15) is 16.8 Å². The van der Waals surface area contributed by atoms with Gasteiger partial charge in [-0.2, -0.15) is 8.78 Å². The number of amides is 2. The van der Waals surface area contributed by atoms with Gasteiger partial charge in [-0.3, -0.25) is 9.59 Å². The lowest BCUT2D eigenvalue weighted by molar-refractivity contribution is -0.118. The molecule has 1 aliphatic heterocycles. The zero-order chi connectivity index (χ0) is 18.7. The van der Waals surface area contributed by atoms with Crippen LogP contribution in [0.5, 0.6) is 5.75 Å². The number of ether oxygens (including phenoxy) is 1. The summed E-state index contributed by atoms with van der Waals surface area (Å²) in [4.78, 5) is 26.4. The van der Waals surface area contributed by atoms with Gasteiger partial charge in [-0.05, 0) is 42.8 Å². The molecule has 1 aliphatic rings. The van der Waals surface area contributed by atoms with Crippen molar-refractivity contribution in [2.24, 2.45) is 0 Å². The fourth-order valence-corrected chi connectivity index (χ4v) is 2.99. The van der Waals surface area contributed by atoms with E-state index >= 15 is 0 Å². The number of carbonyl (C=O) groups is 2. The van der Waals surface area contributed by atoms with Crippen LogP contribution < -0.4 is 15.0 Å². The summed E-state index contributed by atoms with van der Waals surface area (Å²) >= 11 is 6.12. The zero-order valence-electron chi connectivity index (χ0n) is 13.5. The smallest absolute Gasteiger partial charge is 0.387 e. The molecule has 0 bridgehead atoms. The monoisotopic (exact) mass is 380 g/mol. The molecular weight excluding hydrogens is 366 g/mol. The quantitative estimate of drug-likeness (QED) is 0.864. The minimum atomic E-state index is -2.93. The average molecular weight is 381 g/mol. The van der Waals surface area contributed by atoms with Crippen LogP contribution in [0.3, 0.4) is 0 Å². The van der Waals surface area contributed by atoms with Gasteiger partial charge in [-0.15, -0.1) is 0 Å². The number of benzene rings is 2. The first-order chi connectivity index (χ1) is 12.5. The van der Waals surface area contributed by atoms with Gasteiger partial charge in [0.25, 0.3) is 5.91 Å². The Labute approximate surface area is 153 Å². The summed E-state index contributed by atoms with van der Waals surface area (Å²) < 4.78 is 28.5. The first kappa shape index (κ1) is 18.1. The van der Waals surface area contributed by atoms with E-state index in [0.717, 1.165) is 0 Å². The summed E-state index contributed by atoms with van der Waals surface area (Å²) in [5.41, 5.74) is 0.847. The molecule has 2 aromatic carbocycles. The molecule has 1 fully saturated rings. The molecule has 0 aliphatic carbocycles. The van der Waals surface area contributed by atoms with Crippen molar-refractivity contribution in [3.63, 3.8) is 0 Å². The molecule has 2 amide bonds. The highest BCUT2D eigenvalue weighted by atomic mass is 35.5. The third-order valence-corrected chi connectivity index (χ3v) is 4.32. The molecule has 1 heterocycles. The van der Waals surface area contributed by atoms with E-state index in [0.29, 0.717) is 23.7 Å². The van der Waals surface area contributed by atoms with Crippen molar-refractivity contribution >= 4 is 29.1 Å². The van der Waals surface area contributed by atoms with E-state index in [1.165, 1.54) is 29.2 Å². The van der Waals surface area contributed by atoms with E-state index < -0.39 is 18.6 Å². The number of hydrogen-bond acceptors (Lipinski definition) is 3. The van der Waals surface area contributed by atoms with Gasteiger partial charge in [0.15, 0.2) is 0 Å². The Kier molecular flexibility index (Phi) is 5.37. The van der Waals surface area contributed by atoms with Crippen molar-refractivity contribution in [2.75, 3.05) is 11.4 Å². The van der Waals surface area contributed by atoms with Crippen molar-refractivity contribution in [1.29, 1.82) is 0 Å². The summed E-state index contributed by atoms with van der Waals surface area (Å²) in [5.74, 6) is -0.754. The fourth-order valence-electron chi connectivity index (χ4n) is 2.75. The maximum absolute atomic E-state index is 12.5. The Hall–Kier alpha value is -2.67. The maximum Gasteiger partial charge on any atom is 0.387 e. The highest BCUT2D eigenvalue weighted by molar-refractivity contribution is 6.34. The van der Waals surface area contributed by atoms with Crippen LogP contribution in [-0.4, -0.2) is 31.0 Å². The number of nitrogens with zero attached hydrogens (tertiary/aromatic N) is 1. The predicted octanol–water partition coefficient (Wildman–Crippen LogP) is 3.48. The SMILES string of the molecule is O=C(NC1CCN(c2ccccc2Cl)C1=O)c1ccc(OC(F)F)cc1. The predicted molar refractivity (Wildman–Crippen MR) is 92.8 cm³/mol. The fraction of sp³-hybridized carbons (Fsp3) is 0.222. The number of para-hydroxylation sites is 1. The number of alkyl halides is 2. The molecule has 26 heavy (non-hydrogen) atoms. The summed E-state index contributed by atoms with van der Waals surface area (Å²) in [6, 6.07) is 11.6. The number of halogens is 3. The second-order valence-corrected chi connectivity index (χ2v) is 6.07. The first-order valence-corrected chi connectivity index (χ1v) is 8.25. The summed E-state index contributed by atoms with van der Waals surface area (Å²) in [6.45, 7) is -2.49. The molecule has 1 saturated heterocycles. The molecule has 0 spiro atoms. The molecule has 0 radical (unpaired) electrons. The zero-order valence-corrected chi connectivity index (χ0v) is 14.2. The van der Waals surface area contributed by atoms with E-state index in [1.54, 1.807) is 24.3 Å². The average Bonchev–Trinajstić information content (AvgIpc) is 2.96. The number of hydrogen-bond donors (Lipinski definition) is 1. The molecule has 1 N–H and O–H groups in total. The number of anilines is 1. The summed E-state index contributed by atoms with van der Waals surface area (Å²) in [6.07, 6.45) is 0.447. The summed E-state index contributed by atoms with van der Waals surface area (Å²) in [7, 11) is 0. The number of nitrogens with one attached hydrogen (secondary N) is 1. The highest BCUT2D eigenvalue weighted by Gasteiger charge is 2.34. The van der Waals surface area contributed by atoms with Crippen molar-refractivity contribution in [1.82, 2.24) is 5.32 Å². The second-order valence-electron chi connectivity index (χ2n) is 5.66. The number of rotatable bonds is 5. The molecular formula is C18H15ClF2N2O3. The molecule has 0 saturated carbocycles. The molecule has 1 atom stereocenters. The van der Waals surface area contributed by atoms with Gasteiger partial charge < -0.3 is 15.0 Å². The molecule has 3 rings (SSSR count). The number of carbonyl (C=O) groups excluding carboxylic acids is 2. The van der Waals surface area contributed by atoms with Crippen LogP contribution in [0, 0.1) is 0 Å². The van der Waals surface area contributed by atoms with Gasteiger partial charge in [-0.25, -0.2) is 0 Å². The van der Waals surface area contributed by atoms with Crippen molar-refractivity contribution < 1.29 is 23.1 Å². The molecule has 5 nitrogen and oxygen atoms in total. The van der Waals surface area contributed by atoms with Crippen molar-refractivity contribution in [2.45, 2.75) is 19.1 Å². The van der Waals surface area contributed by atoms with Crippen LogP contribution in [0.4, 0.5) is 14.5 Å². The molecule has 8 heteroatoms. The van der Waals surface area contributed by atoms with Gasteiger partial charge in [-0.1, -0.05) is 23.7 Å². The van der Waals surface area contributed by atoms with E-state index in [1.807, 2.05) is 0 Å². The third kappa shape index (κ3) is 3.94. The van der Waals surface area contributed by atoms with E-state index in [-0.39, 0.29) is 17.2 Å². The van der Waals surface area contributed by atoms with E-state index in [4.69, 9.17) is 11.6 Å². The Morgan fingerprint density at radius 1 is 1.19 bits per heavy atom. The molecule has 0 aromatic heterocycles. The summed E-state index contributed by atoms with van der Waals surface area (Å²) in [5, 5.41) is 3.12. The van der Waals surface area contributed by atoms with Gasteiger partial charge in [0, 0.05) is 12.1 Å². The van der Waals surface area contributed by atoms with E-state index in [2.05, 4.69) is 10.1 Å². The first-order valence-electron chi connectivity index (χ1n) is 7.87. The van der Waals surface area contributed by atoms with Gasteiger partial charge in [0.05, 0.1) is 10.7 Å². The normalized spacial score (nSPS) is 16.8. The van der Waals surface area contributed by atoms with Crippen molar-refractivity contribution in [3.05, 3.63) is 59.1 Å². The molecule has 1 unspecified atom stereocenters. The minimum Gasteiger partial charge on any atom is -0.435 e. The lowest BCUT2D eigenvalue weighted by atomic mass is 10.1. The highest BCUT2D eigenvalue weighted by Crippen LogP contribution is 2.29.